The lowest BCUT2D eigenvalue weighted by Crippen LogP contribution is -2.13. The van der Waals surface area contributed by atoms with Gasteiger partial charge in [-0.1, -0.05) is 32.0 Å². The number of nitrogens with one attached hydrogen (secondary N) is 1. The fraction of sp³-hybridized carbons (Fsp3) is 0.412. The molecule has 2 aliphatic heterocycles. The van der Waals surface area contributed by atoms with Gasteiger partial charge in [-0.3, -0.25) is 0 Å². The summed E-state index contributed by atoms with van der Waals surface area (Å²) in [5.41, 5.74) is 4.84. The first-order valence-corrected chi connectivity index (χ1v) is 7.56. The summed E-state index contributed by atoms with van der Waals surface area (Å²) in [4.78, 5) is 9.72. The van der Waals surface area contributed by atoms with Crippen molar-refractivity contribution in [3.05, 3.63) is 52.6 Å². The first-order chi connectivity index (χ1) is 10.2. The second-order valence-electron chi connectivity index (χ2n) is 6.05. The molecule has 3 heterocycles. The summed E-state index contributed by atoms with van der Waals surface area (Å²) in [7, 11) is 0. The van der Waals surface area contributed by atoms with Crippen LogP contribution in [0.1, 0.15) is 54.0 Å². The van der Waals surface area contributed by atoms with Crippen molar-refractivity contribution in [2.75, 3.05) is 6.61 Å². The predicted octanol–water partition coefficient (Wildman–Crippen LogP) is 2.73. The Morgan fingerprint density at radius 3 is 2.90 bits per heavy atom. The van der Waals surface area contributed by atoms with E-state index in [0.29, 0.717) is 12.5 Å². The van der Waals surface area contributed by atoms with Crippen molar-refractivity contribution in [2.45, 2.75) is 38.8 Å². The topological polar surface area (TPSA) is 47.0 Å². The molecule has 1 aromatic carbocycles. The average Bonchev–Trinajstić information content (AvgIpc) is 3.12. The Hall–Kier alpha value is -1.94. The molecule has 0 bridgehead atoms. The quantitative estimate of drug-likeness (QED) is 0.919. The van der Waals surface area contributed by atoms with E-state index in [9.17, 15) is 0 Å². The molecule has 1 aromatic heterocycles. The van der Waals surface area contributed by atoms with E-state index in [1.165, 1.54) is 16.8 Å². The molecule has 108 valence electrons. The van der Waals surface area contributed by atoms with E-state index in [2.05, 4.69) is 31.3 Å². The summed E-state index contributed by atoms with van der Waals surface area (Å²) in [6.07, 6.45) is 0. The van der Waals surface area contributed by atoms with Crippen LogP contribution in [-0.4, -0.2) is 16.6 Å². The standard InChI is InChI=1S/C17H19N3O/c1-10(2)16-12-7-18-8-14(12)19-17(20-16)13-9-21-15-6-4-3-5-11(13)15/h3-6,10,13,18H,7-9H2,1-2H3. The van der Waals surface area contributed by atoms with Crippen molar-refractivity contribution in [1.82, 2.24) is 15.3 Å². The van der Waals surface area contributed by atoms with Gasteiger partial charge in [0.1, 0.15) is 18.2 Å². The highest BCUT2D eigenvalue weighted by Crippen LogP contribution is 2.37. The SMILES string of the molecule is CC(C)c1nc(C2COc3ccccc32)nc2c1CNC2. The van der Waals surface area contributed by atoms with E-state index in [1.54, 1.807) is 0 Å². The number of nitrogens with zero attached hydrogens (tertiary/aromatic N) is 2. The van der Waals surface area contributed by atoms with Gasteiger partial charge in [0, 0.05) is 24.2 Å². The van der Waals surface area contributed by atoms with Crippen LogP contribution in [0.2, 0.25) is 0 Å². The van der Waals surface area contributed by atoms with Gasteiger partial charge >= 0.3 is 0 Å². The van der Waals surface area contributed by atoms with Crippen LogP contribution in [0, 0.1) is 0 Å². The third-order valence-electron chi connectivity index (χ3n) is 4.29. The Morgan fingerprint density at radius 2 is 2.05 bits per heavy atom. The number of fused-ring (bicyclic) bond motifs is 2. The number of para-hydroxylation sites is 1. The van der Waals surface area contributed by atoms with Crippen molar-refractivity contribution >= 4 is 0 Å². The van der Waals surface area contributed by atoms with Crippen molar-refractivity contribution in [3.8, 4) is 5.75 Å². The van der Waals surface area contributed by atoms with E-state index in [4.69, 9.17) is 14.7 Å². The summed E-state index contributed by atoms with van der Waals surface area (Å²) >= 11 is 0. The van der Waals surface area contributed by atoms with E-state index in [-0.39, 0.29) is 5.92 Å². The lowest BCUT2D eigenvalue weighted by molar-refractivity contribution is 0.339. The van der Waals surface area contributed by atoms with E-state index < -0.39 is 0 Å². The van der Waals surface area contributed by atoms with Gasteiger partial charge in [0.2, 0.25) is 0 Å². The highest BCUT2D eigenvalue weighted by atomic mass is 16.5. The van der Waals surface area contributed by atoms with Crippen LogP contribution in [0.3, 0.4) is 0 Å². The van der Waals surface area contributed by atoms with Crippen molar-refractivity contribution in [1.29, 1.82) is 0 Å². The van der Waals surface area contributed by atoms with Crippen LogP contribution in [0.15, 0.2) is 24.3 Å². The molecule has 2 aliphatic rings. The first-order valence-electron chi connectivity index (χ1n) is 7.56. The molecule has 0 saturated heterocycles. The summed E-state index contributed by atoms with van der Waals surface area (Å²) in [6.45, 7) is 6.78. The molecule has 1 N–H and O–H groups in total. The smallest absolute Gasteiger partial charge is 0.139 e. The normalized spacial score (nSPS) is 19.5. The molecule has 1 atom stereocenters. The summed E-state index contributed by atoms with van der Waals surface area (Å²) in [5, 5.41) is 3.39. The zero-order valence-electron chi connectivity index (χ0n) is 12.4. The Balaban J connectivity index is 1.82. The van der Waals surface area contributed by atoms with Crippen molar-refractivity contribution < 1.29 is 4.74 Å². The highest BCUT2D eigenvalue weighted by molar-refractivity contribution is 5.44. The molecule has 0 amide bonds. The van der Waals surface area contributed by atoms with E-state index in [1.807, 2.05) is 12.1 Å². The van der Waals surface area contributed by atoms with Gasteiger partial charge in [-0.15, -0.1) is 0 Å². The minimum Gasteiger partial charge on any atom is -0.492 e. The van der Waals surface area contributed by atoms with Gasteiger partial charge in [0.05, 0.1) is 17.3 Å². The molecular weight excluding hydrogens is 262 g/mol. The van der Waals surface area contributed by atoms with Gasteiger partial charge in [0.15, 0.2) is 0 Å². The maximum atomic E-state index is 5.79. The number of hydrogen-bond donors (Lipinski definition) is 1. The number of rotatable bonds is 2. The maximum absolute atomic E-state index is 5.79. The number of aromatic nitrogens is 2. The zero-order valence-corrected chi connectivity index (χ0v) is 12.4. The summed E-state index contributed by atoms with van der Waals surface area (Å²) < 4.78 is 5.79. The fourth-order valence-electron chi connectivity index (χ4n) is 3.22. The predicted molar refractivity (Wildman–Crippen MR) is 80.4 cm³/mol. The second-order valence-corrected chi connectivity index (χ2v) is 6.05. The first kappa shape index (κ1) is 12.8. The molecule has 0 spiro atoms. The molecule has 4 heteroatoms. The molecule has 21 heavy (non-hydrogen) atoms. The third-order valence-corrected chi connectivity index (χ3v) is 4.29. The lowest BCUT2D eigenvalue weighted by Gasteiger charge is -2.15. The molecule has 2 aromatic rings. The third kappa shape index (κ3) is 2.02. The van der Waals surface area contributed by atoms with Crippen LogP contribution in [0.4, 0.5) is 0 Å². The Morgan fingerprint density at radius 1 is 1.19 bits per heavy atom. The van der Waals surface area contributed by atoms with Crippen LogP contribution < -0.4 is 10.1 Å². The van der Waals surface area contributed by atoms with Crippen molar-refractivity contribution in [2.24, 2.45) is 0 Å². The van der Waals surface area contributed by atoms with Crippen LogP contribution in [0.25, 0.3) is 0 Å². The van der Waals surface area contributed by atoms with Gasteiger partial charge in [-0.05, 0) is 12.0 Å². The largest absolute Gasteiger partial charge is 0.492 e. The Labute approximate surface area is 124 Å². The van der Waals surface area contributed by atoms with E-state index in [0.717, 1.165) is 30.4 Å². The number of ether oxygens (including phenoxy) is 1. The van der Waals surface area contributed by atoms with E-state index >= 15 is 0 Å². The summed E-state index contributed by atoms with van der Waals surface area (Å²) in [6, 6.07) is 8.21. The maximum Gasteiger partial charge on any atom is 0.139 e. The Bertz CT molecular complexity index is 696. The average molecular weight is 281 g/mol. The number of hydrogen-bond acceptors (Lipinski definition) is 4. The molecule has 0 radical (unpaired) electrons. The molecule has 1 unspecified atom stereocenters. The molecule has 4 rings (SSSR count). The zero-order chi connectivity index (χ0) is 14.4. The molecule has 0 aliphatic carbocycles. The molecular formula is C17H19N3O. The van der Waals surface area contributed by atoms with Crippen LogP contribution in [-0.2, 0) is 13.1 Å². The van der Waals surface area contributed by atoms with Crippen LogP contribution in [0.5, 0.6) is 5.75 Å². The van der Waals surface area contributed by atoms with Gasteiger partial charge in [0.25, 0.3) is 0 Å². The molecule has 0 fully saturated rings. The van der Waals surface area contributed by atoms with Gasteiger partial charge in [-0.2, -0.15) is 0 Å². The van der Waals surface area contributed by atoms with Gasteiger partial charge in [-0.25, -0.2) is 9.97 Å². The van der Waals surface area contributed by atoms with Crippen molar-refractivity contribution in [3.63, 3.8) is 0 Å². The molecule has 0 saturated carbocycles. The second kappa shape index (κ2) is 4.81. The lowest BCUT2D eigenvalue weighted by atomic mass is 9.98. The minimum atomic E-state index is 0.157. The molecule has 4 nitrogen and oxygen atoms in total. The minimum absolute atomic E-state index is 0.157. The monoisotopic (exact) mass is 281 g/mol. The number of benzene rings is 1. The highest BCUT2D eigenvalue weighted by Gasteiger charge is 2.30. The fourth-order valence-corrected chi connectivity index (χ4v) is 3.22. The van der Waals surface area contributed by atoms with Crippen LogP contribution >= 0.6 is 0 Å². The summed E-state index contributed by atoms with van der Waals surface area (Å²) in [5.74, 6) is 2.45. The Kier molecular flexibility index (Phi) is 2.93. The van der Waals surface area contributed by atoms with Gasteiger partial charge < -0.3 is 10.1 Å².